The fourth-order valence-electron chi connectivity index (χ4n) is 8.03. The Morgan fingerprint density at radius 1 is 1.23 bits per heavy atom. The van der Waals surface area contributed by atoms with Gasteiger partial charge in [-0.15, -0.1) is 0 Å². The number of halogens is 3. The van der Waals surface area contributed by atoms with Crippen molar-refractivity contribution in [3.63, 3.8) is 0 Å². The van der Waals surface area contributed by atoms with Crippen molar-refractivity contribution in [1.82, 2.24) is 0 Å². The Labute approximate surface area is 206 Å². The average molecular weight is 515 g/mol. The highest BCUT2D eigenvalue weighted by Crippen LogP contribution is 2.72. The van der Waals surface area contributed by atoms with Crippen molar-refractivity contribution in [3.05, 3.63) is 23.8 Å². The van der Waals surface area contributed by atoms with Crippen LogP contribution in [0.15, 0.2) is 23.8 Å². The van der Waals surface area contributed by atoms with Gasteiger partial charge in [0.1, 0.15) is 6.17 Å². The van der Waals surface area contributed by atoms with Gasteiger partial charge in [-0.3, -0.25) is 9.59 Å². The molecule has 0 aromatic rings. The van der Waals surface area contributed by atoms with Crippen molar-refractivity contribution < 1.29 is 42.5 Å². The van der Waals surface area contributed by atoms with Crippen molar-refractivity contribution in [2.24, 2.45) is 22.7 Å². The lowest BCUT2D eigenvalue weighted by Gasteiger charge is -2.63. The van der Waals surface area contributed by atoms with Crippen LogP contribution in [-0.4, -0.2) is 64.1 Å². The lowest BCUT2D eigenvalue weighted by Crippen LogP contribution is -2.71. The summed E-state index contributed by atoms with van der Waals surface area (Å²) in [7, 11) is 0. The summed E-state index contributed by atoms with van der Waals surface area (Å²) in [5, 5.41) is 11.4. The summed E-state index contributed by atoms with van der Waals surface area (Å²) in [5.74, 6) is -3.79. The number of hydrogen-bond acceptors (Lipinski definition) is 7. The molecular weight excluding hydrogens is 486 g/mol. The van der Waals surface area contributed by atoms with E-state index in [-0.39, 0.29) is 24.8 Å². The van der Waals surface area contributed by atoms with Crippen LogP contribution in [0, 0.1) is 22.7 Å². The fourth-order valence-corrected chi connectivity index (χ4v) is 8.09. The number of allylic oxidation sites excluding steroid dienone is 4. The number of ketones is 2. The standard InChI is InChI=1S/C25H29ClF2O7/c1-21(2)34-19-9-13-14-8-16(27)15-7-12(29)5-6-22(15,3)24(14,28)17(30)10-23(13,4)25(19,35-21)18(31)11-33-20(26)32/h5-7,13-14,16-17,19,30H,8-11H2,1-4H3/t13?,14?,16-,17-,19+,22?,23?,24-,25?/m0/s1. The van der Waals surface area contributed by atoms with E-state index in [4.69, 9.17) is 25.8 Å². The molecule has 4 aliphatic carbocycles. The van der Waals surface area contributed by atoms with Gasteiger partial charge in [0.15, 0.2) is 29.4 Å². The third kappa shape index (κ3) is 3.01. The molecule has 192 valence electrons. The number of fused-ring (bicyclic) bond motifs is 7. The topological polar surface area (TPSA) is 99.1 Å². The molecule has 0 aromatic heterocycles. The van der Waals surface area contributed by atoms with Crippen molar-refractivity contribution in [1.29, 1.82) is 0 Å². The van der Waals surface area contributed by atoms with Crippen LogP contribution in [0.2, 0.25) is 0 Å². The zero-order valence-electron chi connectivity index (χ0n) is 20.0. The molecule has 0 bridgehead atoms. The molecule has 0 aromatic carbocycles. The van der Waals surface area contributed by atoms with E-state index < -0.39 is 81.7 Å². The second-order valence-corrected chi connectivity index (χ2v) is 11.7. The maximum Gasteiger partial charge on any atom is 0.404 e. The van der Waals surface area contributed by atoms with Crippen molar-refractivity contribution in [3.8, 4) is 0 Å². The largest absolute Gasteiger partial charge is 0.446 e. The maximum absolute atomic E-state index is 17.3. The molecule has 5 aliphatic rings. The zero-order valence-corrected chi connectivity index (χ0v) is 20.7. The molecule has 1 aliphatic heterocycles. The highest BCUT2D eigenvalue weighted by molar-refractivity contribution is 6.61. The molecule has 1 N–H and O–H groups in total. The molecule has 35 heavy (non-hydrogen) atoms. The summed E-state index contributed by atoms with van der Waals surface area (Å²) in [6.45, 7) is 5.85. The minimum atomic E-state index is -2.29. The van der Waals surface area contributed by atoms with E-state index >= 15 is 8.78 Å². The van der Waals surface area contributed by atoms with Crippen LogP contribution in [0.1, 0.15) is 47.0 Å². The van der Waals surface area contributed by atoms with Crippen LogP contribution >= 0.6 is 11.6 Å². The monoisotopic (exact) mass is 514 g/mol. The first-order chi connectivity index (χ1) is 16.1. The molecule has 0 radical (unpaired) electrons. The molecule has 9 atom stereocenters. The summed E-state index contributed by atoms with van der Waals surface area (Å²) in [6, 6.07) is 0. The van der Waals surface area contributed by atoms with Crippen LogP contribution in [0.4, 0.5) is 13.6 Å². The van der Waals surface area contributed by atoms with Crippen molar-refractivity contribution in [2.45, 2.75) is 82.4 Å². The number of hydrogen-bond donors (Lipinski definition) is 1. The first-order valence-electron chi connectivity index (χ1n) is 11.8. The summed E-state index contributed by atoms with van der Waals surface area (Å²) in [4.78, 5) is 36.8. The number of aliphatic hydroxyl groups excluding tert-OH is 1. The van der Waals surface area contributed by atoms with Gasteiger partial charge in [0.05, 0.1) is 12.2 Å². The number of Topliss-reactive ketones (excluding diaryl/α,β-unsaturated/α-hetero) is 1. The molecule has 4 fully saturated rings. The molecule has 5 rings (SSSR count). The summed E-state index contributed by atoms with van der Waals surface area (Å²) in [5.41, 5.74) is -7.77. The van der Waals surface area contributed by atoms with Crippen molar-refractivity contribution >= 4 is 28.6 Å². The van der Waals surface area contributed by atoms with Gasteiger partial charge in [0.25, 0.3) is 0 Å². The predicted octanol–water partition coefficient (Wildman–Crippen LogP) is 3.75. The molecule has 0 amide bonds. The van der Waals surface area contributed by atoms with E-state index in [0.29, 0.717) is 0 Å². The Bertz CT molecular complexity index is 1070. The molecule has 0 spiro atoms. The van der Waals surface area contributed by atoms with Crippen LogP contribution in [0.5, 0.6) is 0 Å². The molecule has 1 saturated heterocycles. The average Bonchev–Trinajstić information content (AvgIpc) is 3.16. The molecule has 1 heterocycles. The second kappa shape index (κ2) is 7.43. The summed E-state index contributed by atoms with van der Waals surface area (Å²) < 4.78 is 50.0. The fraction of sp³-hybridized carbons (Fsp3) is 0.720. The molecule has 5 unspecified atom stereocenters. The van der Waals surface area contributed by atoms with Gasteiger partial charge < -0.3 is 19.3 Å². The third-order valence-electron chi connectivity index (χ3n) is 9.35. The lowest BCUT2D eigenvalue weighted by molar-refractivity contribution is -0.248. The van der Waals surface area contributed by atoms with Gasteiger partial charge in [-0.2, -0.15) is 0 Å². The third-order valence-corrected chi connectivity index (χ3v) is 9.46. The predicted molar refractivity (Wildman–Crippen MR) is 119 cm³/mol. The van der Waals surface area contributed by atoms with Gasteiger partial charge >= 0.3 is 5.43 Å². The van der Waals surface area contributed by atoms with Crippen LogP contribution in [0.3, 0.4) is 0 Å². The van der Waals surface area contributed by atoms with Crippen LogP contribution in [0.25, 0.3) is 0 Å². The second-order valence-electron chi connectivity index (χ2n) is 11.4. The first kappa shape index (κ1) is 25.0. The van der Waals surface area contributed by atoms with E-state index in [9.17, 15) is 19.5 Å². The Kier molecular flexibility index (Phi) is 5.31. The minimum absolute atomic E-state index is 0.0260. The van der Waals surface area contributed by atoms with Gasteiger partial charge in [-0.05, 0) is 63.7 Å². The number of ether oxygens (including phenoxy) is 3. The van der Waals surface area contributed by atoms with Gasteiger partial charge in [0, 0.05) is 28.3 Å². The Morgan fingerprint density at radius 2 is 1.91 bits per heavy atom. The summed E-state index contributed by atoms with van der Waals surface area (Å²) >= 11 is 5.28. The smallest absolute Gasteiger partial charge is 0.404 e. The number of alkyl halides is 2. The summed E-state index contributed by atoms with van der Waals surface area (Å²) in [6.07, 6.45) is -0.559. The molecular formula is C25H29ClF2O7. The normalized spacial score (nSPS) is 49.4. The van der Waals surface area contributed by atoms with Crippen LogP contribution in [-0.2, 0) is 23.8 Å². The number of carbonyl (C=O) groups is 3. The van der Waals surface area contributed by atoms with E-state index in [1.165, 1.54) is 19.1 Å². The number of aliphatic hydroxyl groups is 1. The van der Waals surface area contributed by atoms with E-state index in [1.54, 1.807) is 20.8 Å². The highest BCUT2D eigenvalue weighted by atomic mass is 35.5. The van der Waals surface area contributed by atoms with Gasteiger partial charge in [-0.25, -0.2) is 13.6 Å². The minimum Gasteiger partial charge on any atom is -0.446 e. The van der Waals surface area contributed by atoms with Crippen LogP contribution < -0.4 is 0 Å². The number of rotatable bonds is 3. The molecule has 10 heteroatoms. The van der Waals surface area contributed by atoms with E-state index in [2.05, 4.69) is 0 Å². The van der Waals surface area contributed by atoms with Gasteiger partial charge in [0.2, 0.25) is 5.78 Å². The zero-order chi connectivity index (χ0) is 25.8. The van der Waals surface area contributed by atoms with E-state index in [0.717, 1.165) is 6.08 Å². The maximum atomic E-state index is 17.3. The Morgan fingerprint density at radius 3 is 2.57 bits per heavy atom. The van der Waals surface area contributed by atoms with E-state index in [1.807, 2.05) is 0 Å². The Balaban J connectivity index is 1.62. The Hall–Kier alpha value is -1.68. The SMILES string of the molecule is CC1(C)O[C@@H]2CC3C4C[C@H](F)C5=CC(=O)C=CC5(C)[C@@]4(F)[C@@H](O)CC3(C)C2(C(=O)COC(=O)Cl)O1. The van der Waals surface area contributed by atoms with Gasteiger partial charge in [-0.1, -0.05) is 13.0 Å². The lowest BCUT2D eigenvalue weighted by atomic mass is 9.44. The quantitative estimate of drug-likeness (QED) is 0.573. The first-order valence-corrected chi connectivity index (χ1v) is 12.2. The van der Waals surface area contributed by atoms with Crippen molar-refractivity contribution in [2.75, 3.05) is 6.61 Å². The molecule has 3 saturated carbocycles. The highest BCUT2D eigenvalue weighted by Gasteiger charge is 2.80. The number of carbonyl (C=O) groups excluding carboxylic acids is 3. The molecule has 7 nitrogen and oxygen atoms in total.